The summed E-state index contributed by atoms with van der Waals surface area (Å²) in [5, 5.41) is 13.3. The number of benzene rings is 3. The summed E-state index contributed by atoms with van der Waals surface area (Å²) in [6, 6.07) is 24.8. The maximum Gasteiger partial charge on any atom is 0.229 e. The lowest BCUT2D eigenvalue weighted by Gasteiger charge is -2.18. The van der Waals surface area contributed by atoms with Gasteiger partial charge in [-0.2, -0.15) is 0 Å². The molecule has 0 aromatic heterocycles. The molecule has 0 bridgehead atoms. The minimum Gasteiger partial charge on any atom is -0.388 e. The number of carbonyl (C=O) groups is 2. The van der Waals surface area contributed by atoms with Gasteiger partial charge in [0, 0.05) is 23.1 Å². The Labute approximate surface area is 196 Å². The predicted octanol–water partition coefficient (Wildman–Crippen LogP) is 5.11. The highest BCUT2D eigenvalue weighted by atomic mass is 79.9. The standard InChI is InChI=1S/C26H25BrN2O3/c27-22-8-4-5-9-23(22)29-17-20(16-25(29)31)26(32)28-21-13-10-18(11-14-21)12-15-24(30)19-6-2-1-3-7-19/h1-11,13-14,20,24,30H,12,15-17H2,(H,28,32)/t20-,24+/m0/s1. The van der Waals surface area contributed by atoms with Crippen LogP contribution in [0.4, 0.5) is 11.4 Å². The summed E-state index contributed by atoms with van der Waals surface area (Å²) >= 11 is 3.48. The van der Waals surface area contributed by atoms with E-state index in [-0.39, 0.29) is 18.2 Å². The number of carbonyl (C=O) groups excluding carboxylic acids is 2. The molecule has 1 saturated heterocycles. The van der Waals surface area contributed by atoms with Crippen LogP contribution in [-0.4, -0.2) is 23.5 Å². The number of halogens is 1. The number of hydrogen-bond donors (Lipinski definition) is 2. The van der Waals surface area contributed by atoms with Crippen LogP contribution in [0, 0.1) is 5.92 Å². The Morgan fingerprint density at radius 1 is 1.03 bits per heavy atom. The molecule has 164 valence electrons. The Morgan fingerprint density at radius 3 is 2.44 bits per heavy atom. The van der Waals surface area contributed by atoms with Gasteiger partial charge in [-0.1, -0.05) is 54.6 Å². The van der Waals surface area contributed by atoms with Crippen LogP contribution in [0.2, 0.25) is 0 Å². The molecule has 3 aromatic rings. The van der Waals surface area contributed by atoms with E-state index in [4.69, 9.17) is 0 Å². The largest absolute Gasteiger partial charge is 0.388 e. The third kappa shape index (κ3) is 5.26. The van der Waals surface area contributed by atoms with E-state index in [2.05, 4.69) is 21.2 Å². The highest BCUT2D eigenvalue weighted by molar-refractivity contribution is 9.10. The molecule has 2 N–H and O–H groups in total. The summed E-state index contributed by atoms with van der Waals surface area (Å²) in [5.74, 6) is -0.597. The number of amides is 2. The second kappa shape index (κ2) is 10.1. The molecule has 1 aliphatic heterocycles. The monoisotopic (exact) mass is 492 g/mol. The zero-order valence-electron chi connectivity index (χ0n) is 17.6. The molecule has 1 heterocycles. The molecule has 0 radical (unpaired) electrons. The topological polar surface area (TPSA) is 69.6 Å². The van der Waals surface area contributed by atoms with Crippen molar-refractivity contribution in [2.24, 2.45) is 5.92 Å². The van der Waals surface area contributed by atoms with E-state index < -0.39 is 12.0 Å². The summed E-state index contributed by atoms with van der Waals surface area (Å²) < 4.78 is 0.836. The van der Waals surface area contributed by atoms with E-state index >= 15 is 0 Å². The highest BCUT2D eigenvalue weighted by Gasteiger charge is 2.35. The number of nitrogens with zero attached hydrogens (tertiary/aromatic N) is 1. The maximum atomic E-state index is 12.7. The van der Waals surface area contributed by atoms with Gasteiger partial charge in [0.25, 0.3) is 0 Å². The van der Waals surface area contributed by atoms with Gasteiger partial charge >= 0.3 is 0 Å². The molecule has 2 amide bonds. The van der Waals surface area contributed by atoms with E-state index in [0.29, 0.717) is 18.7 Å². The lowest BCUT2D eigenvalue weighted by Crippen LogP contribution is -2.28. The fourth-order valence-electron chi connectivity index (χ4n) is 3.93. The van der Waals surface area contributed by atoms with Crippen LogP contribution < -0.4 is 10.2 Å². The minimum absolute atomic E-state index is 0.0515. The number of aliphatic hydroxyl groups excluding tert-OH is 1. The average molecular weight is 493 g/mol. The first-order valence-electron chi connectivity index (χ1n) is 10.7. The van der Waals surface area contributed by atoms with Crippen LogP contribution in [0.1, 0.15) is 30.1 Å². The molecular formula is C26H25BrN2O3. The quantitative estimate of drug-likeness (QED) is 0.481. The predicted molar refractivity (Wildman–Crippen MR) is 129 cm³/mol. The second-order valence-electron chi connectivity index (χ2n) is 8.01. The summed E-state index contributed by atoms with van der Waals surface area (Å²) in [6.07, 6.45) is 1.07. The van der Waals surface area contributed by atoms with Crippen LogP contribution in [0.3, 0.4) is 0 Å². The number of aliphatic hydroxyl groups is 1. The molecule has 32 heavy (non-hydrogen) atoms. The van der Waals surface area contributed by atoms with Gasteiger partial charge in [0.2, 0.25) is 11.8 Å². The van der Waals surface area contributed by atoms with Gasteiger partial charge in [-0.3, -0.25) is 9.59 Å². The van der Waals surface area contributed by atoms with Crippen LogP contribution in [0.5, 0.6) is 0 Å². The summed E-state index contributed by atoms with van der Waals surface area (Å²) in [4.78, 5) is 26.9. The molecule has 0 unspecified atom stereocenters. The van der Waals surface area contributed by atoms with Gasteiger partial charge in [0.15, 0.2) is 0 Å². The SMILES string of the molecule is O=C(Nc1ccc(CC[C@@H](O)c2ccccc2)cc1)[C@H]1CC(=O)N(c2ccccc2Br)C1. The number of anilines is 2. The Bertz CT molecular complexity index is 1090. The number of aryl methyl sites for hydroxylation is 1. The molecule has 2 atom stereocenters. The molecule has 5 nitrogen and oxygen atoms in total. The first-order chi connectivity index (χ1) is 15.5. The Kier molecular flexibility index (Phi) is 7.02. The Balaban J connectivity index is 1.31. The van der Waals surface area contributed by atoms with E-state index in [1.165, 1.54) is 0 Å². The zero-order valence-corrected chi connectivity index (χ0v) is 19.2. The normalized spacial score (nSPS) is 16.8. The molecular weight excluding hydrogens is 468 g/mol. The van der Waals surface area contributed by atoms with Crippen molar-refractivity contribution in [2.45, 2.75) is 25.4 Å². The number of hydrogen-bond acceptors (Lipinski definition) is 3. The molecule has 0 aliphatic carbocycles. The van der Waals surface area contributed by atoms with Crippen molar-refractivity contribution in [3.63, 3.8) is 0 Å². The lowest BCUT2D eigenvalue weighted by atomic mass is 10.0. The third-order valence-electron chi connectivity index (χ3n) is 5.75. The molecule has 0 spiro atoms. The minimum atomic E-state index is -0.497. The number of nitrogens with one attached hydrogen (secondary N) is 1. The van der Waals surface area contributed by atoms with Gasteiger partial charge in [-0.15, -0.1) is 0 Å². The van der Waals surface area contributed by atoms with Crippen molar-refractivity contribution < 1.29 is 14.7 Å². The van der Waals surface area contributed by atoms with Gasteiger partial charge in [-0.05, 0) is 64.2 Å². The van der Waals surface area contributed by atoms with E-state index in [0.717, 1.165) is 27.7 Å². The summed E-state index contributed by atoms with van der Waals surface area (Å²) in [5.41, 5.74) is 3.50. The fraction of sp³-hybridized carbons (Fsp3) is 0.231. The molecule has 0 saturated carbocycles. The zero-order chi connectivity index (χ0) is 22.5. The molecule has 3 aromatic carbocycles. The van der Waals surface area contributed by atoms with Crippen molar-refractivity contribution in [1.29, 1.82) is 0 Å². The Hall–Kier alpha value is -2.96. The summed E-state index contributed by atoms with van der Waals surface area (Å²) in [6.45, 7) is 0.364. The van der Waals surface area contributed by atoms with Gasteiger partial charge in [0.05, 0.1) is 17.7 Å². The van der Waals surface area contributed by atoms with Crippen molar-refractivity contribution in [3.8, 4) is 0 Å². The van der Waals surface area contributed by atoms with Crippen LogP contribution in [0.15, 0.2) is 83.3 Å². The van der Waals surface area contributed by atoms with Crippen molar-refractivity contribution in [2.75, 3.05) is 16.8 Å². The molecule has 6 heteroatoms. The molecule has 1 fully saturated rings. The van der Waals surface area contributed by atoms with Crippen LogP contribution in [-0.2, 0) is 16.0 Å². The molecule has 1 aliphatic rings. The van der Waals surface area contributed by atoms with E-state index in [1.54, 1.807) is 4.90 Å². The Morgan fingerprint density at radius 2 is 1.72 bits per heavy atom. The van der Waals surface area contributed by atoms with Crippen LogP contribution >= 0.6 is 15.9 Å². The summed E-state index contributed by atoms with van der Waals surface area (Å²) in [7, 11) is 0. The van der Waals surface area contributed by atoms with Crippen LogP contribution in [0.25, 0.3) is 0 Å². The average Bonchev–Trinajstić information content (AvgIpc) is 3.21. The second-order valence-corrected chi connectivity index (χ2v) is 8.86. The smallest absolute Gasteiger partial charge is 0.229 e. The number of para-hydroxylation sites is 1. The van der Waals surface area contributed by atoms with E-state index in [1.807, 2.05) is 78.9 Å². The first-order valence-corrected chi connectivity index (χ1v) is 11.5. The van der Waals surface area contributed by atoms with Gasteiger partial charge < -0.3 is 15.3 Å². The first kappa shape index (κ1) is 22.2. The third-order valence-corrected chi connectivity index (χ3v) is 6.42. The van der Waals surface area contributed by atoms with Crippen molar-refractivity contribution in [3.05, 3.63) is 94.5 Å². The van der Waals surface area contributed by atoms with Crippen molar-refractivity contribution >= 4 is 39.1 Å². The highest BCUT2D eigenvalue weighted by Crippen LogP contribution is 2.31. The number of rotatable bonds is 7. The fourth-order valence-corrected chi connectivity index (χ4v) is 4.43. The van der Waals surface area contributed by atoms with Crippen molar-refractivity contribution in [1.82, 2.24) is 0 Å². The molecule has 4 rings (SSSR count). The van der Waals surface area contributed by atoms with Gasteiger partial charge in [0.1, 0.15) is 0 Å². The maximum absolute atomic E-state index is 12.7. The van der Waals surface area contributed by atoms with E-state index in [9.17, 15) is 14.7 Å². The van der Waals surface area contributed by atoms with Gasteiger partial charge in [-0.25, -0.2) is 0 Å². The lowest BCUT2D eigenvalue weighted by molar-refractivity contribution is -0.122.